The third-order valence-corrected chi connectivity index (χ3v) is 5.49. The zero-order valence-corrected chi connectivity index (χ0v) is 22.5. The van der Waals surface area contributed by atoms with Crippen LogP contribution in [-0.2, 0) is 16.8 Å². The van der Waals surface area contributed by atoms with Crippen LogP contribution in [0.25, 0.3) is 0 Å². The van der Waals surface area contributed by atoms with Crippen LogP contribution in [-0.4, -0.2) is 49.8 Å². The average Bonchev–Trinajstić information content (AvgIpc) is 3.30. The summed E-state index contributed by atoms with van der Waals surface area (Å²) >= 11 is 12.4. The van der Waals surface area contributed by atoms with E-state index in [2.05, 4.69) is 36.0 Å². The number of aryl methyl sites for hydroxylation is 1. The molecule has 2 heterocycles. The van der Waals surface area contributed by atoms with Crippen molar-refractivity contribution < 1.29 is 9.59 Å². The predicted octanol–water partition coefficient (Wildman–Crippen LogP) is 3.59. The summed E-state index contributed by atoms with van der Waals surface area (Å²) in [5, 5.41) is 18.3. The van der Waals surface area contributed by atoms with Crippen LogP contribution in [0.1, 0.15) is 42.5 Å². The molecule has 0 unspecified atom stereocenters. The van der Waals surface area contributed by atoms with Gasteiger partial charge in [-0.05, 0) is 48.0 Å². The number of rotatable bonds is 7. The molecule has 0 saturated heterocycles. The van der Waals surface area contributed by atoms with Gasteiger partial charge in [0.25, 0.3) is 11.8 Å². The fraction of sp³-hybridized carbons (Fsp3) is 0.292. The van der Waals surface area contributed by atoms with Crippen LogP contribution < -0.4 is 16.4 Å². The van der Waals surface area contributed by atoms with E-state index in [9.17, 15) is 9.59 Å². The SMILES string of the molecule is CNC(=O)c1cc(Cl)cc(C)c1NC(=O)C(C=C(N)Cn1nnc(C(C)(C)C)n1)=Nc1ncccc1Cl. The van der Waals surface area contributed by atoms with Gasteiger partial charge in [-0.15, -0.1) is 10.2 Å². The lowest BCUT2D eigenvalue weighted by Gasteiger charge is -2.14. The minimum absolute atomic E-state index is 0.0504. The second-order valence-corrected chi connectivity index (χ2v) is 9.94. The lowest BCUT2D eigenvalue weighted by molar-refractivity contribution is -0.110. The minimum Gasteiger partial charge on any atom is -0.400 e. The molecule has 0 aliphatic rings. The summed E-state index contributed by atoms with van der Waals surface area (Å²) in [6.07, 6.45) is 2.86. The summed E-state index contributed by atoms with van der Waals surface area (Å²) in [5.74, 6) is -0.407. The van der Waals surface area contributed by atoms with Crippen molar-refractivity contribution in [1.29, 1.82) is 0 Å². The molecule has 0 radical (unpaired) electrons. The Balaban J connectivity index is 2.00. The third kappa shape index (κ3) is 7.11. The molecule has 0 saturated carbocycles. The van der Waals surface area contributed by atoms with E-state index >= 15 is 0 Å². The van der Waals surface area contributed by atoms with Crippen molar-refractivity contribution in [3.8, 4) is 0 Å². The largest absolute Gasteiger partial charge is 0.400 e. The van der Waals surface area contributed by atoms with Crippen molar-refractivity contribution in [2.45, 2.75) is 39.7 Å². The van der Waals surface area contributed by atoms with Crippen molar-refractivity contribution in [2.24, 2.45) is 10.7 Å². The smallest absolute Gasteiger partial charge is 0.274 e. The van der Waals surface area contributed by atoms with E-state index < -0.39 is 11.8 Å². The van der Waals surface area contributed by atoms with E-state index in [0.29, 0.717) is 16.4 Å². The Morgan fingerprint density at radius 1 is 1.24 bits per heavy atom. The van der Waals surface area contributed by atoms with Gasteiger partial charge in [-0.2, -0.15) is 4.80 Å². The van der Waals surface area contributed by atoms with E-state index in [-0.39, 0.29) is 45.5 Å². The fourth-order valence-corrected chi connectivity index (χ4v) is 3.55. The monoisotopic (exact) mass is 543 g/mol. The molecule has 0 aliphatic carbocycles. The second-order valence-electron chi connectivity index (χ2n) is 9.10. The number of aromatic nitrogens is 5. The van der Waals surface area contributed by atoms with Gasteiger partial charge in [0, 0.05) is 29.4 Å². The lowest BCUT2D eigenvalue weighted by Crippen LogP contribution is -2.27. The molecule has 0 aliphatic heterocycles. The highest BCUT2D eigenvalue weighted by molar-refractivity contribution is 6.48. The zero-order valence-electron chi connectivity index (χ0n) is 21.0. The van der Waals surface area contributed by atoms with Crippen LogP contribution in [0.15, 0.2) is 47.2 Å². The van der Waals surface area contributed by atoms with Gasteiger partial charge in [0.05, 0.1) is 16.3 Å². The van der Waals surface area contributed by atoms with Crippen molar-refractivity contribution in [1.82, 2.24) is 30.5 Å². The maximum atomic E-state index is 13.4. The summed E-state index contributed by atoms with van der Waals surface area (Å²) in [4.78, 5) is 35.7. The number of halogens is 2. The number of pyridine rings is 1. The Morgan fingerprint density at radius 2 is 1.97 bits per heavy atom. The molecule has 2 aromatic heterocycles. The number of tetrazole rings is 1. The van der Waals surface area contributed by atoms with E-state index in [4.69, 9.17) is 28.9 Å². The quantitative estimate of drug-likeness (QED) is 0.384. The topological polar surface area (TPSA) is 153 Å². The molecule has 0 atom stereocenters. The summed E-state index contributed by atoms with van der Waals surface area (Å²) in [7, 11) is 1.48. The van der Waals surface area contributed by atoms with E-state index in [1.165, 1.54) is 30.2 Å². The molecular weight excluding hydrogens is 517 g/mol. The highest BCUT2D eigenvalue weighted by atomic mass is 35.5. The van der Waals surface area contributed by atoms with Crippen LogP contribution in [0.4, 0.5) is 11.5 Å². The first-order valence-electron chi connectivity index (χ1n) is 11.2. The molecule has 0 fully saturated rings. The van der Waals surface area contributed by atoms with Gasteiger partial charge in [0.15, 0.2) is 11.6 Å². The van der Waals surface area contributed by atoms with Gasteiger partial charge in [0.2, 0.25) is 0 Å². The van der Waals surface area contributed by atoms with Gasteiger partial charge in [-0.1, -0.05) is 44.0 Å². The second kappa shape index (κ2) is 11.5. The Labute approximate surface area is 224 Å². The first-order valence-corrected chi connectivity index (χ1v) is 11.9. The molecule has 0 bridgehead atoms. The van der Waals surface area contributed by atoms with Crippen LogP contribution in [0, 0.1) is 6.92 Å². The summed E-state index contributed by atoms with van der Waals surface area (Å²) in [6.45, 7) is 7.66. The molecule has 194 valence electrons. The zero-order chi connectivity index (χ0) is 27.3. The Bertz CT molecular complexity index is 1390. The number of nitrogens with two attached hydrogens (primary N) is 1. The molecule has 2 amide bonds. The molecule has 4 N–H and O–H groups in total. The Hall–Kier alpha value is -3.83. The predicted molar refractivity (Wildman–Crippen MR) is 143 cm³/mol. The van der Waals surface area contributed by atoms with Crippen molar-refractivity contribution in [2.75, 3.05) is 12.4 Å². The first-order chi connectivity index (χ1) is 17.4. The number of hydrogen-bond acceptors (Lipinski definition) is 8. The normalized spacial score (nSPS) is 12.4. The van der Waals surface area contributed by atoms with E-state index in [0.717, 1.165) is 0 Å². The summed E-state index contributed by atoms with van der Waals surface area (Å²) in [5.41, 5.74) is 7.09. The highest BCUT2D eigenvalue weighted by Gasteiger charge is 2.21. The fourth-order valence-electron chi connectivity index (χ4n) is 3.12. The maximum absolute atomic E-state index is 13.4. The maximum Gasteiger partial charge on any atom is 0.274 e. The number of allylic oxidation sites excluding steroid dienone is 1. The van der Waals surface area contributed by atoms with Crippen molar-refractivity contribution >= 4 is 52.2 Å². The van der Waals surface area contributed by atoms with E-state index in [1.54, 1.807) is 25.1 Å². The number of carbonyl (C=O) groups excluding carboxylic acids is 2. The number of amides is 2. The number of anilines is 1. The Kier molecular flexibility index (Phi) is 8.61. The summed E-state index contributed by atoms with van der Waals surface area (Å²) < 4.78 is 0. The van der Waals surface area contributed by atoms with Gasteiger partial charge in [-0.25, -0.2) is 9.98 Å². The van der Waals surface area contributed by atoms with Gasteiger partial charge in [-0.3, -0.25) is 9.59 Å². The van der Waals surface area contributed by atoms with Gasteiger partial charge >= 0.3 is 0 Å². The molecule has 0 spiro atoms. The standard InChI is InChI=1S/C24H27Cl2N9O2/c1-13-9-14(25)10-16(21(36)28-5)19(13)31-22(37)18(30-20-17(26)7-6-8-29-20)11-15(27)12-35-33-23(32-34-35)24(2,3)4/h6-11H,12,27H2,1-5H3,(H,28,36)(H,31,37). The third-order valence-electron chi connectivity index (χ3n) is 4.98. The van der Waals surface area contributed by atoms with Gasteiger partial charge in [0.1, 0.15) is 12.3 Å². The number of hydrogen-bond donors (Lipinski definition) is 3. The number of carbonyl (C=O) groups is 2. The summed E-state index contributed by atoms with van der Waals surface area (Å²) in [6, 6.07) is 6.32. The van der Waals surface area contributed by atoms with Crippen LogP contribution in [0.3, 0.4) is 0 Å². The molecule has 3 aromatic rings. The van der Waals surface area contributed by atoms with Crippen molar-refractivity contribution in [3.05, 3.63) is 69.2 Å². The van der Waals surface area contributed by atoms with Gasteiger partial charge < -0.3 is 16.4 Å². The molecular formula is C24H27Cl2N9O2. The first kappa shape index (κ1) is 27.8. The van der Waals surface area contributed by atoms with Crippen LogP contribution >= 0.6 is 23.2 Å². The van der Waals surface area contributed by atoms with Crippen molar-refractivity contribution in [3.63, 3.8) is 0 Å². The molecule has 1 aromatic carbocycles. The van der Waals surface area contributed by atoms with Crippen LogP contribution in [0.5, 0.6) is 0 Å². The molecule has 3 rings (SSSR count). The number of nitrogens with zero attached hydrogens (tertiary/aromatic N) is 6. The highest BCUT2D eigenvalue weighted by Crippen LogP contribution is 2.26. The minimum atomic E-state index is -0.651. The van der Waals surface area contributed by atoms with E-state index in [1.807, 2.05) is 20.8 Å². The Morgan fingerprint density at radius 3 is 2.59 bits per heavy atom. The number of benzene rings is 1. The molecule has 13 heteroatoms. The molecule has 37 heavy (non-hydrogen) atoms. The lowest BCUT2D eigenvalue weighted by atomic mass is 9.96. The number of aliphatic imine (C=N–C) groups is 1. The average molecular weight is 544 g/mol. The molecule has 11 nitrogen and oxygen atoms in total. The number of nitrogens with one attached hydrogen (secondary N) is 2. The van der Waals surface area contributed by atoms with Crippen LogP contribution in [0.2, 0.25) is 10.0 Å².